The predicted octanol–water partition coefficient (Wildman–Crippen LogP) is 3.49. The molecule has 1 rings (SSSR count). The number of halogens is 3. The van der Waals surface area contributed by atoms with Crippen molar-refractivity contribution >= 4 is 50.9 Å². The second kappa shape index (κ2) is 14.3. The number of aromatic nitrogens is 2. The smallest absolute Gasteiger partial charge is 0.0946 e. The van der Waals surface area contributed by atoms with E-state index < -0.39 is 0 Å². The number of hydrogen-bond donors (Lipinski definition) is 0. The fourth-order valence-electron chi connectivity index (χ4n) is 0.954. The first kappa shape index (κ1) is 24.5. The Balaban J connectivity index is -0.000000125. The minimum Gasteiger partial charge on any atom is -0.340 e. The van der Waals surface area contributed by atoms with Gasteiger partial charge in [-0.05, 0) is 12.8 Å². The number of hydrogen-bond acceptors (Lipinski definition) is 1. The molecule has 0 saturated carbocycles. The summed E-state index contributed by atoms with van der Waals surface area (Å²) >= 11 is 0. The monoisotopic (exact) mass is 442 g/mol. The molecule has 1 aromatic rings. The molecule has 0 aliphatic carbocycles. The normalized spacial score (nSPS) is 7.29. The minimum absolute atomic E-state index is 0. The molecule has 14 heavy (non-hydrogen) atoms. The molecule has 0 bridgehead atoms. The molecule has 0 aliphatic heterocycles. The minimum atomic E-state index is 0. The van der Waals surface area contributed by atoms with Crippen molar-refractivity contribution in [3.8, 4) is 0 Å². The van der Waals surface area contributed by atoms with Gasteiger partial charge in [-0.2, -0.15) is 0 Å². The molecule has 0 unspecified atom stereocenters. The van der Waals surface area contributed by atoms with Gasteiger partial charge in [0.1, 0.15) is 0 Å². The summed E-state index contributed by atoms with van der Waals surface area (Å²) in [5, 5.41) is 0. The van der Waals surface area contributed by atoms with Gasteiger partial charge >= 0.3 is 0 Å². The van der Waals surface area contributed by atoms with Crippen LogP contribution in [0.4, 0.5) is 0 Å². The van der Waals surface area contributed by atoms with Crippen LogP contribution in [0.2, 0.25) is 0 Å². The van der Waals surface area contributed by atoms with Crippen LogP contribution >= 0.6 is 50.9 Å². The first-order valence-corrected chi connectivity index (χ1v) is 3.79. The van der Waals surface area contributed by atoms with Gasteiger partial charge in [0.25, 0.3) is 0 Å². The summed E-state index contributed by atoms with van der Waals surface area (Å²) in [5.74, 6) is 0. The van der Waals surface area contributed by atoms with Crippen molar-refractivity contribution in [3.63, 3.8) is 0 Å². The molecule has 0 aliphatic rings. The largest absolute Gasteiger partial charge is 0.340 e. The molecule has 0 N–H and O–H groups in total. The molecular formula is C8H17Br3N2Zn. The summed E-state index contributed by atoms with van der Waals surface area (Å²) in [5.41, 5.74) is 1.21. The molecule has 0 saturated heterocycles. The molecular weight excluding hydrogens is 429 g/mol. The summed E-state index contributed by atoms with van der Waals surface area (Å²) in [6, 6.07) is 0. The maximum absolute atomic E-state index is 4.22. The van der Waals surface area contributed by atoms with Crippen molar-refractivity contribution in [1.29, 1.82) is 0 Å². The van der Waals surface area contributed by atoms with Crippen molar-refractivity contribution in [2.45, 2.75) is 26.2 Å². The van der Waals surface area contributed by atoms with Gasteiger partial charge in [0.05, 0.1) is 12.0 Å². The van der Waals surface area contributed by atoms with Crippen LogP contribution in [0.15, 0.2) is 12.5 Å². The molecule has 1 aromatic heterocycles. The zero-order chi connectivity index (χ0) is 7.40. The van der Waals surface area contributed by atoms with E-state index in [1.54, 1.807) is 0 Å². The summed E-state index contributed by atoms with van der Waals surface area (Å²) in [6.07, 6.45) is 7.55. The molecule has 2 nitrogen and oxygen atoms in total. The van der Waals surface area contributed by atoms with Crippen molar-refractivity contribution in [2.75, 3.05) is 0 Å². The average Bonchev–Trinajstić information content (AvgIpc) is 2.31. The van der Waals surface area contributed by atoms with E-state index in [-0.39, 0.29) is 70.4 Å². The number of aryl methyl sites for hydroxylation is 2. The van der Waals surface area contributed by atoms with E-state index in [0.29, 0.717) is 0 Å². The first-order valence-electron chi connectivity index (χ1n) is 3.79. The summed E-state index contributed by atoms with van der Waals surface area (Å²) in [4.78, 5) is 4.22. The van der Waals surface area contributed by atoms with E-state index in [0.717, 1.165) is 6.42 Å². The number of nitrogens with zero attached hydrogens (tertiary/aromatic N) is 2. The Kier molecular flexibility index (Phi) is 25.0. The van der Waals surface area contributed by atoms with Gasteiger partial charge in [-0.25, -0.2) is 4.98 Å². The van der Waals surface area contributed by atoms with Crippen LogP contribution in [0, 0.1) is 0 Å². The second-order valence-electron chi connectivity index (χ2n) is 2.63. The molecule has 0 amide bonds. The molecule has 82 valence electrons. The zero-order valence-electron chi connectivity index (χ0n) is 8.60. The third-order valence-corrected chi connectivity index (χ3v) is 1.54. The standard InChI is InChI=1S/C8H14N2.3BrH.Zn/c1-3-4-5-8-6-10(2)7-9-8;;;;/h6-7H,3-5H2,1-2H3;3*1H;. The van der Waals surface area contributed by atoms with Crippen molar-refractivity contribution in [2.24, 2.45) is 7.05 Å². The third-order valence-electron chi connectivity index (χ3n) is 1.54. The Morgan fingerprint density at radius 2 is 1.86 bits per heavy atom. The van der Waals surface area contributed by atoms with E-state index in [1.165, 1.54) is 18.5 Å². The fourth-order valence-corrected chi connectivity index (χ4v) is 0.954. The molecule has 0 spiro atoms. The van der Waals surface area contributed by atoms with Crippen LogP contribution in [-0.4, -0.2) is 9.55 Å². The van der Waals surface area contributed by atoms with Crippen LogP contribution in [0.25, 0.3) is 0 Å². The number of unbranched alkanes of at least 4 members (excludes halogenated alkanes) is 1. The molecule has 0 atom stereocenters. The van der Waals surface area contributed by atoms with Crippen LogP contribution < -0.4 is 0 Å². The average molecular weight is 446 g/mol. The van der Waals surface area contributed by atoms with Crippen molar-refractivity contribution in [3.05, 3.63) is 18.2 Å². The van der Waals surface area contributed by atoms with Gasteiger partial charge in [-0.3, -0.25) is 0 Å². The first-order chi connectivity index (χ1) is 4.83. The Labute approximate surface area is 130 Å². The molecule has 1 heterocycles. The Morgan fingerprint density at radius 3 is 2.21 bits per heavy atom. The summed E-state index contributed by atoms with van der Waals surface area (Å²) < 4.78 is 1.99. The molecule has 0 radical (unpaired) electrons. The van der Waals surface area contributed by atoms with Gasteiger partial charge in [-0.1, -0.05) is 13.3 Å². The third kappa shape index (κ3) is 9.81. The Hall–Kier alpha value is 1.27. The summed E-state index contributed by atoms with van der Waals surface area (Å²) in [7, 11) is 2.00. The molecule has 6 heteroatoms. The van der Waals surface area contributed by atoms with Crippen molar-refractivity contribution in [1.82, 2.24) is 9.55 Å². The van der Waals surface area contributed by atoms with Gasteiger partial charge in [0.2, 0.25) is 0 Å². The maximum atomic E-state index is 4.22. The van der Waals surface area contributed by atoms with E-state index in [1.807, 2.05) is 17.9 Å². The van der Waals surface area contributed by atoms with Gasteiger partial charge in [-0.15, -0.1) is 50.9 Å². The van der Waals surface area contributed by atoms with Crippen LogP contribution in [0.1, 0.15) is 25.5 Å². The van der Waals surface area contributed by atoms with Crippen LogP contribution in [0.3, 0.4) is 0 Å². The zero-order valence-corrected chi connectivity index (χ0v) is 16.7. The van der Waals surface area contributed by atoms with E-state index in [2.05, 4.69) is 18.1 Å². The predicted molar refractivity (Wildman–Crippen MR) is 72.8 cm³/mol. The Bertz CT molecular complexity index is 206. The topological polar surface area (TPSA) is 17.8 Å². The Morgan fingerprint density at radius 1 is 1.29 bits per heavy atom. The van der Waals surface area contributed by atoms with Crippen LogP contribution in [0.5, 0.6) is 0 Å². The van der Waals surface area contributed by atoms with Crippen LogP contribution in [-0.2, 0) is 32.9 Å². The number of imidazole rings is 1. The maximum Gasteiger partial charge on any atom is 0.0946 e. The van der Waals surface area contributed by atoms with Gasteiger partial charge < -0.3 is 4.57 Å². The van der Waals surface area contributed by atoms with E-state index in [4.69, 9.17) is 0 Å². The SMILES string of the molecule is Br.Br.Br.CCCCc1cn(C)cn1.[Zn]. The quantitative estimate of drug-likeness (QED) is 0.651. The van der Waals surface area contributed by atoms with Crippen molar-refractivity contribution < 1.29 is 19.5 Å². The summed E-state index contributed by atoms with van der Waals surface area (Å²) in [6.45, 7) is 2.20. The van der Waals surface area contributed by atoms with Gasteiger partial charge in [0.15, 0.2) is 0 Å². The number of rotatable bonds is 3. The molecule has 0 fully saturated rings. The van der Waals surface area contributed by atoms with E-state index >= 15 is 0 Å². The fraction of sp³-hybridized carbons (Fsp3) is 0.625. The second-order valence-corrected chi connectivity index (χ2v) is 2.63. The van der Waals surface area contributed by atoms with E-state index in [9.17, 15) is 0 Å². The van der Waals surface area contributed by atoms with Gasteiger partial charge in [0, 0.05) is 32.7 Å². The molecule has 0 aromatic carbocycles.